The summed E-state index contributed by atoms with van der Waals surface area (Å²) in [5.41, 5.74) is 4.18. The molecule has 2 aromatic heterocycles. The second kappa shape index (κ2) is 5.38. The fourth-order valence-corrected chi connectivity index (χ4v) is 2.18. The largest absolute Gasteiger partial charge is 0.350 e. The van der Waals surface area contributed by atoms with Crippen molar-refractivity contribution in [3.05, 3.63) is 34.9 Å². The Labute approximate surface area is 114 Å². The Hall–Kier alpha value is -1.91. The molecular formula is C14H21N5. The highest BCUT2D eigenvalue weighted by Gasteiger charge is 2.08. The Morgan fingerprint density at radius 2 is 1.68 bits per heavy atom. The molecule has 5 nitrogen and oxygen atoms in total. The van der Waals surface area contributed by atoms with Crippen LogP contribution in [0.3, 0.4) is 0 Å². The first-order chi connectivity index (χ1) is 8.94. The van der Waals surface area contributed by atoms with Crippen molar-refractivity contribution in [1.82, 2.24) is 19.7 Å². The quantitative estimate of drug-likeness (QED) is 0.916. The number of hydrogen-bond acceptors (Lipinski definition) is 4. The molecule has 0 aliphatic carbocycles. The SMILES string of the molecule is Cc1cc(C)nc(NC(C)Cn2nc(C)cc2C)n1. The van der Waals surface area contributed by atoms with E-state index in [1.165, 1.54) is 5.69 Å². The molecule has 1 N–H and O–H groups in total. The lowest BCUT2D eigenvalue weighted by molar-refractivity contribution is 0.543. The number of anilines is 1. The number of aromatic nitrogens is 4. The third-order valence-corrected chi connectivity index (χ3v) is 2.91. The Morgan fingerprint density at radius 3 is 2.21 bits per heavy atom. The maximum absolute atomic E-state index is 4.46. The first kappa shape index (κ1) is 13.5. The van der Waals surface area contributed by atoms with Crippen LogP contribution in [0, 0.1) is 27.7 Å². The molecule has 0 radical (unpaired) electrons. The molecule has 0 spiro atoms. The molecule has 0 saturated heterocycles. The van der Waals surface area contributed by atoms with Crippen LogP contribution in [-0.4, -0.2) is 25.8 Å². The number of hydrogen-bond donors (Lipinski definition) is 1. The van der Waals surface area contributed by atoms with E-state index < -0.39 is 0 Å². The molecule has 102 valence electrons. The fourth-order valence-electron chi connectivity index (χ4n) is 2.18. The zero-order valence-electron chi connectivity index (χ0n) is 12.2. The highest BCUT2D eigenvalue weighted by atomic mass is 15.3. The molecular weight excluding hydrogens is 238 g/mol. The molecule has 0 fully saturated rings. The number of nitrogens with one attached hydrogen (secondary N) is 1. The van der Waals surface area contributed by atoms with E-state index in [1.54, 1.807) is 0 Å². The van der Waals surface area contributed by atoms with E-state index in [-0.39, 0.29) is 6.04 Å². The predicted molar refractivity (Wildman–Crippen MR) is 76.3 cm³/mol. The Bertz CT molecular complexity index is 553. The van der Waals surface area contributed by atoms with Crippen LogP contribution in [-0.2, 0) is 6.54 Å². The van der Waals surface area contributed by atoms with Gasteiger partial charge in [0.2, 0.25) is 5.95 Å². The van der Waals surface area contributed by atoms with Crippen molar-refractivity contribution in [2.75, 3.05) is 5.32 Å². The van der Waals surface area contributed by atoms with Gasteiger partial charge < -0.3 is 5.32 Å². The Kier molecular flexibility index (Phi) is 3.83. The summed E-state index contributed by atoms with van der Waals surface area (Å²) in [5.74, 6) is 0.687. The van der Waals surface area contributed by atoms with Crippen LogP contribution in [0.4, 0.5) is 5.95 Å². The van der Waals surface area contributed by atoms with Gasteiger partial charge in [0.25, 0.3) is 0 Å². The van der Waals surface area contributed by atoms with Crippen molar-refractivity contribution >= 4 is 5.95 Å². The lowest BCUT2D eigenvalue weighted by atomic mass is 10.3. The molecule has 2 heterocycles. The second-order valence-electron chi connectivity index (χ2n) is 5.13. The van der Waals surface area contributed by atoms with Crippen molar-refractivity contribution in [3.63, 3.8) is 0 Å². The topological polar surface area (TPSA) is 55.6 Å². The monoisotopic (exact) mass is 259 g/mol. The van der Waals surface area contributed by atoms with E-state index >= 15 is 0 Å². The maximum Gasteiger partial charge on any atom is 0.223 e. The summed E-state index contributed by atoms with van der Waals surface area (Å²) < 4.78 is 2.01. The van der Waals surface area contributed by atoms with Gasteiger partial charge in [-0.05, 0) is 46.8 Å². The third kappa shape index (κ3) is 3.53. The summed E-state index contributed by atoms with van der Waals surface area (Å²) >= 11 is 0. The normalized spacial score (nSPS) is 12.5. The molecule has 0 saturated carbocycles. The van der Waals surface area contributed by atoms with E-state index in [4.69, 9.17) is 0 Å². The van der Waals surface area contributed by atoms with E-state index in [1.807, 2.05) is 31.5 Å². The van der Waals surface area contributed by atoms with E-state index in [9.17, 15) is 0 Å². The van der Waals surface area contributed by atoms with Crippen molar-refractivity contribution in [1.29, 1.82) is 0 Å². The van der Waals surface area contributed by atoms with Crippen molar-refractivity contribution in [2.45, 2.75) is 47.2 Å². The minimum absolute atomic E-state index is 0.221. The van der Waals surface area contributed by atoms with E-state index in [0.29, 0.717) is 5.95 Å². The van der Waals surface area contributed by atoms with Gasteiger partial charge in [0.05, 0.1) is 12.2 Å². The van der Waals surface area contributed by atoms with Crippen LogP contribution >= 0.6 is 0 Å². The highest BCUT2D eigenvalue weighted by molar-refractivity contribution is 5.28. The van der Waals surface area contributed by atoms with Gasteiger partial charge in [-0.2, -0.15) is 5.10 Å². The highest BCUT2D eigenvalue weighted by Crippen LogP contribution is 2.08. The summed E-state index contributed by atoms with van der Waals surface area (Å²) in [6.45, 7) is 10.9. The summed E-state index contributed by atoms with van der Waals surface area (Å²) in [5, 5.41) is 7.79. The van der Waals surface area contributed by atoms with Crippen LogP contribution in [0.1, 0.15) is 29.7 Å². The van der Waals surface area contributed by atoms with Gasteiger partial charge in [0, 0.05) is 23.1 Å². The van der Waals surface area contributed by atoms with Gasteiger partial charge in [-0.3, -0.25) is 4.68 Å². The Balaban J connectivity index is 2.05. The van der Waals surface area contributed by atoms with Crippen molar-refractivity contribution in [3.8, 4) is 0 Å². The van der Waals surface area contributed by atoms with Crippen LogP contribution in [0.2, 0.25) is 0 Å². The molecule has 5 heteroatoms. The van der Waals surface area contributed by atoms with Gasteiger partial charge in [-0.15, -0.1) is 0 Å². The fraction of sp³-hybridized carbons (Fsp3) is 0.500. The summed E-state index contributed by atoms with van der Waals surface area (Å²) in [6.07, 6.45) is 0. The number of aryl methyl sites for hydroxylation is 4. The minimum atomic E-state index is 0.221. The van der Waals surface area contributed by atoms with Crippen LogP contribution in [0.5, 0.6) is 0 Å². The molecule has 0 aliphatic rings. The van der Waals surface area contributed by atoms with Gasteiger partial charge in [-0.25, -0.2) is 9.97 Å². The molecule has 2 aromatic rings. The molecule has 0 aliphatic heterocycles. The van der Waals surface area contributed by atoms with Crippen LogP contribution in [0.15, 0.2) is 12.1 Å². The summed E-state index contributed by atoms with van der Waals surface area (Å²) in [7, 11) is 0. The smallest absolute Gasteiger partial charge is 0.223 e. The second-order valence-corrected chi connectivity index (χ2v) is 5.13. The van der Waals surface area contributed by atoms with Gasteiger partial charge in [-0.1, -0.05) is 0 Å². The van der Waals surface area contributed by atoms with Crippen LogP contribution in [0.25, 0.3) is 0 Å². The van der Waals surface area contributed by atoms with E-state index in [0.717, 1.165) is 23.6 Å². The average molecular weight is 259 g/mol. The summed E-state index contributed by atoms with van der Waals surface area (Å²) in [6, 6.07) is 4.27. The summed E-state index contributed by atoms with van der Waals surface area (Å²) in [4.78, 5) is 8.78. The lowest BCUT2D eigenvalue weighted by Crippen LogP contribution is -2.24. The first-order valence-electron chi connectivity index (χ1n) is 6.54. The van der Waals surface area contributed by atoms with Crippen molar-refractivity contribution < 1.29 is 0 Å². The van der Waals surface area contributed by atoms with Gasteiger partial charge in [0.15, 0.2) is 0 Å². The van der Waals surface area contributed by atoms with Gasteiger partial charge in [0.1, 0.15) is 0 Å². The maximum atomic E-state index is 4.46. The minimum Gasteiger partial charge on any atom is -0.350 e. The zero-order valence-corrected chi connectivity index (χ0v) is 12.2. The number of nitrogens with zero attached hydrogens (tertiary/aromatic N) is 4. The molecule has 0 amide bonds. The molecule has 0 bridgehead atoms. The molecule has 1 unspecified atom stereocenters. The van der Waals surface area contributed by atoms with Crippen LogP contribution < -0.4 is 5.32 Å². The zero-order chi connectivity index (χ0) is 14.0. The predicted octanol–water partition coefficient (Wildman–Crippen LogP) is 2.41. The average Bonchev–Trinajstić information content (AvgIpc) is 2.55. The standard InChI is InChI=1S/C14H21N5/c1-9-6-10(2)16-14(15-9)17-12(4)8-19-13(5)7-11(3)18-19/h6-7,12H,8H2,1-5H3,(H,15,16,17). The molecule has 2 rings (SSSR count). The number of rotatable bonds is 4. The molecule has 1 atom stereocenters. The van der Waals surface area contributed by atoms with E-state index in [2.05, 4.69) is 40.3 Å². The Morgan fingerprint density at radius 1 is 1.05 bits per heavy atom. The van der Waals surface area contributed by atoms with Gasteiger partial charge >= 0.3 is 0 Å². The van der Waals surface area contributed by atoms with Crippen molar-refractivity contribution in [2.24, 2.45) is 0 Å². The molecule has 19 heavy (non-hydrogen) atoms. The first-order valence-corrected chi connectivity index (χ1v) is 6.54. The lowest BCUT2D eigenvalue weighted by Gasteiger charge is -2.15. The third-order valence-electron chi connectivity index (χ3n) is 2.91. The molecule has 0 aromatic carbocycles.